The number of thiophene rings is 1. The standard InChI is InChI=1S/C16H26N2O4S2/c1-16(2,3)22-15(19)18-9-5-7-13(12-18)11-17(4)24(20,21)14-8-6-10-23-14/h6,8,10,13H,5,7,9,11-12H2,1-4H3. The Morgan fingerprint density at radius 2 is 2.17 bits per heavy atom. The zero-order valence-electron chi connectivity index (χ0n) is 14.7. The highest BCUT2D eigenvalue weighted by molar-refractivity contribution is 7.91. The summed E-state index contributed by atoms with van der Waals surface area (Å²) < 4.78 is 32.2. The van der Waals surface area contributed by atoms with Crippen molar-refractivity contribution in [2.75, 3.05) is 26.7 Å². The van der Waals surface area contributed by atoms with E-state index in [0.29, 0.717) is 23.8 Å². The summed E-state index contributed by atoms with van der Waals surface area (Å²) >= 11 is 1.22. The zero-order chi connectivity index (χ0) is 18.0. The van der Waals surface area contributed by atoms with E-state index in [-0.39, 0.29) is 12.0 Å². The Kier molecular flexibility index (Phi) is 5.93. The number of amides is 1. The van der Waals surface area contributed by atoms with Gasteiger partial charge < -0.3 is 9.64 Å². The van der Waals surface area contributed by atoms with Gasteiger partial charge in [0.05, 0.1) is 0 Å². The molecule has 1 unspecified atom stereocenters. The van der Waals surface area contributed by atoms with Crippen molar-refractivity contribution in [3.8, 4) is 0 Å². The fourth-order valence-corrected chi connectivity index (χ4v) is 5.18. The molecule has 0 saturated carbocycles. The van der Waals surface area contributed by atoms with E-state index >= 15 is 0 Å². The maximum Gasteiger partial charge on any atom is 0.410 e. The van der Waals surface area contributed by atoms with Crippen molar-refractivity contribution < 1.29 is 17.9 Å². The number of hydrogen-bond donors (Lipinski definition) is 0. The Morgan fingerprint density at radius 1 is 1.46 bits per heavy atom. The molecule has 1 aromatic heterocycles. The van der Waals surface area contributed by atoms with Crippen LogP contribution in [0, 0.1) is 5.92 Å². The zero-order valence-corrected chi connectivity index (χ0v) is 16.3. The molecule has 0 aromatic carbocycles. The molecule has 1 saturated heterocycles. The predicted molar refractivity (Wildman–Crippen MR) is 94.7 cm³/mol. The molecule has 0 radical (unpaired) electrons. The molecular formula is C16H26N2O4S2. The van der Waals surface area contributed by atoms with Crippen molar-refractivity contribution in [2.24, 2.45) is 5.92 Å². The predicted octanol–water partition coefficient (Wildman–Crippen LogP) is 3.02. The van der Waals surface area contributed by atoms with Crippen LogP contribution in [0.5, 0.6) is 0 Å². The van der Waals surface area contributed by atoms with Gasteiger partial charge in [0, 0.05) is 26.7 Å². The molecule has 1 aliphatic rings. The lowest BCUT2D eigenvalue weighted by Crippen LogP contribution is -2.45. The molecule has 0 N–H and O–H groups in total. The van der Waals surface area contributed by atoms with Crippen LogP contribution < -0.4 is 0 Å². The number of likely N-dealkylation sites (tertiary alicyclic amines) is 1. The first-order valence-electron chi connectivity index (χ1n) is 8.07. The molecular weight excluding hydrogens is 348 g/mol. The summed E-state index contributed by atoms with van der Waals surface area (Å²) in [6.07, 6.45) is 1.44. The van der Waals surface area contributed by atoms with E-state index in [0.717, 1.165) is 12.8 Å². The van der Waals surface area contributed by atoms with Crippen molar-refractivity contribution in [1.82, 2.24) is 9.21 Å². The van der Waals surface area contributed by atoms with Gasteiger partial charge in [-0.2, -0.15) is 4.31 Å². The molecule has 2 rings (SSSR count). The van der Waals surface area contributed by atoms with Gasteiger partial charge in [-0.25, -0.2) is 13.2 Å². The summed E-state index contributed by atoms with van der Waals surface area (Å²) in [5.41, 5.74) is -0.524. The average molecular weight is 375 g/mol. The first-order valence-corrected chi connectivity index (χ1v) is 10.4. The van der Waals surface area contributed by atoms with Crippen LogP contribution >= 0.6 is 11.3 Å². The summed E-state index contributed by atoms with van der Waals surface area (Å²) in [4.78, 5) is 13.9. The lowest BCUT2D eigenvalue weighted by molar-refractivity contribution is 0.0160. The third-order valence-electron chi connectivity index (χ3n) is 3.85. The van der Waals surface area contributed by atoms with E-state index < -0.39 is 15.6 Å². The molecule has 2 heterocycles. The summed E-state index contributed by atoms with van der Waals surface area (Å²) in [6, 6.07) is 3.35. The number of hydrogen-bond acceptors (Lipinski definition) is 5. The number of rotatable bonds is 4. The van der Waals surface area contributed by atoms with Gasteiger partial charge in [-0.15, -0.1) is 11.3 Å². The number of nitrogens with zero attached hydrogens (tertiary/aromatic N) is 2. The Balaban J connectivity index is 1.97. The second kappa shape index (κ2) is 7.41. The number of ether oxygens (including phenoxy) is 1. The Morgan fingerprint density at radius 3 is 2.75 bits per heavy atom. The van der Waals surface area contributed by atoms with Gasteiger partial charge >= 0.3 is 6.09 Å². The van der Waals surface area contributed by atoms with Gasteiger partial charge in [0.25, 0.3) is 10.0 Å². The van der Waals surface area contributed by atoms with Gasteiger partial charge in [-0.05, 0) is 51.0 Å². The van der Waals surface area contributed by atoms with Crippen LogP contribution in [0.15, 0.2) is 21.7 Å². The highest BCUT2D eigenvalue weighted by atomic mass is 32.2. The quantitative estimate of drug-likeness (QED) is 0.812. The van der Waals surface area contributed by atoms with Crippen LogP contribution in [0.2, 0.25) is 0 Å². The monoisotopic (exact) mass is 374 g/mol. The molecule has 1 atom stereocenters. The van der Waals surface area contributed by atoms with Gasteiger partial charge in [0.2, 0.25) is 0 Å². The highest BCUT2D eigenvalue weighted by Gasteiger charge is 2.30. The van der Waals surface area contributed by atoms with Gasteiger partial charge in [-0.1, -0.05) is 6.07 Å². The van der Waals surface area contributed by atoms with Gasteiger partial charge in [-0.3, -0.25) is 0 Å². The molecule has 0 bridgehead atoms. The molecule has 136 valence electrons. The summed E-state index contributed by atoms with van der Waals surface area (Å²) in [6.45, 7) is 7.11. The van der Waals surface area contributed by atoms with Gasteiger partial charge in [0.15, 0.2) is 0 Å². The van der Waals surface area contributed by atoms with Crippen molar-refractivity contribution >= 4 is 27.5 Å². The third kappa shape index (κ3) is 4.94. The fraction of sp³-hybridized carbons (Fsp3) is 0.688. The first kappa shape index (κ1) is 19.2. The molecule has 8 heteroatoms. The fourth-order valence-electron chi connectivity index (χ4n) is 2.73. The average Bonchev–Trinajstić information content (AvgIpc) is 3.00. The first-order chi connectivity index (χ1) is 11.1. The molecule has 1 aliphatic heterocycles. The van der Waals surface area contributed by atoms with Crippen LogP contribution in [0.4, 0.5) is 4.79 Å². The Hall–Kier alpha value is -1.12. The minimum Gasteiger partial charge on any atom is -0.444 e. The van der Waals surface area contributed by atoms with E-state index in [2.05, 4.69) is 0 Å². The highest BCUT2D eigenvalue weighted by Crippen LogP contribution is 2.24. The number of carbonyl (C=O) groups is 1. The van der Waals surface area contributed by atoms with Crippen molar-refractivity contribution in [3.63, 3.8) is 0 Å². The molecule has 6 nitrogen and oxygen atoms in total. The molecule has 24 heavy (non-hydrogen) atoms. The summed E-state index contributed by atoms with van der Waals surface area (Å²) in [5, 5.41) is 1.76. The van der Waals surface area contributed by atoms with E-state index in [1.165, 1.54) is 15.6 Å². The minimum absolute atomic E-state index is 0.117. The van der Waals surface area contributed by atoms with E-state index in [9.17, 15) is 13.2 Å². The topological polar surface area (TPSA) is 66.9 Å². The smallest absolute Gasteiger partial charge is 0.410 e. The van der Waals surface area contributed by atoms with Crippen LogP contribution in [0.1, 0.15) is 33.6 Å². The van der Waals surface area contributed by atoms with E-state index in [1.807, 2.05) is 20.8 Å². The van der Waals surface area contributed by atoms with E-state index in [4.69, 9.17) is 4.74 Å². The van der Waals surface area contributed by atoms with Crippen molar-refractivity contribution in [1.29, 1.82) is 0 Å². The summed E-state index contributed by atoms with van der Waals surface area (Å²) in [5.74, 6) is 0.117. The molecule has 0 spiro atoms. The van der Waals surface area contributed by atoms with E-state index in [1.54, 1.807) is 29.5 Å². The van der Waals surface area contributed by atoms with Crippen LogP contribution in [-0.2, 0) is 14.8 Å². The SMILES string of the molecule is CN(CC1CCCN(C(=O)OC(C)(C)C)C1)S(=O)(=O)c1cccs1. The number of carbonyl (C=O) groups excluding carboxylic acids is 1. The van der Waals surface area contributed by atoms with Crippen LogP contribution in [0.3, 0.4) is 0 Å². The molecule has 1 aromatic rings. The van der Waals surface area contributed by atoms with Crippen LogP contribution in [-0.4, -0.2) is 56.0 Å². The third-order valence-corrected chi connectivity index (χ3v) is 7.04. The molecule has 1 amide bonds. The van der Waals surface area contributed by atoms with Gasteiger partial charge in [0.1, 0.15) is 9.81 Å². The lowest BCUT2D eigenvalue weighted by atomic mass is 9.98. The Labute approximate surface area is 148 Å². The molecule has 0 aliphatic carbocycles. The van der Waals surface area contributed by atoms with Crippen molar-refractivity contribution in [2.45, 2.75) is 43.4 Å². The lowest BCUT2D eigenvalue weighted by Gasteiger charge is -2.35. The normalized spacial score (nSPS) is 19.5. The maximum absolute atomic E-state index is 12.5. The largest absolute Gasteiger partial charge is 0.444 e. The van der Waals surface area contributed by atoms with Crippen molar-refractivity contribution in [3.05, 3.63) is 17.5 Å². The van der Waals surface area contributed by atoms with Crippen LogP contribution in [0.25, 0.3) is 0 Å². The maximum atomic E-state index is 12.5. The second-order valence-corrected chi connectivity index (χ2v) is 10.4. The molecule has 1 fully saturated rings. The Bertz CT molecular complexity index is 650. The number of piperidine rings is 1. The minimum atomic E-state index is -3.44. The summed E-state index contributed by atoms with van der Waals surface area (Å²) in [7, 11) is -1.85. The second-order valence-electron chi connectivity index (χ2n) is 7.15. The number of sulfonamides is 1.